The number of β-amino-alcohol motifs (C(OH)–C–C–N with tert-alkyl or cyclic N) is 1. The Morgan fingerprint density at radius 2 is 2.04 bits per heavy atom. The molecule has 1 unspecified atom stereocenters. The third-order valence-corrected chi connectivity index (χ3v) is 5.22. The highest BCUT2D eigenvalue weighted by molar-refractivity contribution is 5.82. The van der Waals surface area contributed by atoms with Crippen LogP contribution in [0.3, 0.4) is 0 Å². The Bertz CT molecular complexity index is 743. The van der Waals surface area contributed by atoms with E-state index in [0.29, 0.717) is 6.54 Å². The van der Waals surface area contributed by atoms with Gasteiger partial charge in [-0.1, -0.05) is 11.6 Å². The van der Waals surface area contributed by atoms with Gasteiger partial charge in [-0.05, 0) is 38.0 Å². The van der Waals surface area contributed by atoms with Gasteiger partial charge in [0, 0.05) is 43.7 Å². The summed E-state index contributed by atoms with van der Waals surface area (Å²) in [6, 6.07) is 8.72. The van der Waals surface area contributed by atoms with Crippen LogP contribution >= 0.6 is 0 Å². The van der Waals surface area contributed by atoms with Gasteiger partial charge in [-0.15, -0.1) is 0 Å². The lowest BCUT2D eigenvalue weighted by atomic mass is 10.1. The summed E-state index contributed by atoms with van der Waals surface area (Å²) in [7, 11) is 0. The monoisotopic (exact) mass is 341 g/mol. The van der Waals surface area contributed by atoms with Crippen LogP contribution in [0.15, 0.2) is 24.3 Å². The summed E-state index contributed by atoms with van der Waals surface area (Å²) < 4.78 is 5.48. The number of anilines is 1. The number of hydrogen-bond acceptors (Lipinski definition) is 5. The number of nitrogens with zero attached hydrogens (tertiary/aromatic N) is 3. The van der Waals surface area contributed by atoms with Gasteiger partial charge in [0.25, 0.3) is 0 Å². The van der Waals surface area contributed by atoms with Gasteiger partial charge < -0.3 is 14.7 Å². The van der Waals surface area contributed by atoms with Crippen LogP contribution in [0.4, 0.5) is 5.82 Å². The zero-order valence-corrected chi connectivity index (χ0v) is 14.9. The highest BCUT2D eigenvalue weighted by atomic mass is 16.5. The number of aromatic nitrogens is 1. The summed E-state index contributed by atoms with van der Waals surface area (Å²) in [4.78, 5) is 9.70. The van der Waals surface area contributed by atoms with Gasteiger partial charge in [-0.3, -0.25) is 4.90 Å². The van der Waals surface area contributed by atoms with Crippen molar-refractivity contribution in [3.05, 3.63) is 35.4 Å². The van der Waals surface area contributed by atoms with Crippen molar-refractivity contribution in [3.63, 3.8) is 0 Å². The first-order valence-corrected chi connectivity index (χ1v) is 9.32. The molecular weight excluding hydrogens is 314 g/mol. The average Bonchev–Trinajstić information content (AvgIpc) is 2.62. The molecule has 1 atom stereocenters. The van der Waals surface area contributed by atoms with Crippen molar-refractivity contribution in [3.8, 4) is 0 Å². The molecule has 25 heavy (non-hydrogen) atoms. The molecule has 1 N–H and O–H groups in total. The number of aliphatic hydroxyl groups is 1. The number of morpholine rings is 1. The Kier molecular flexibility index (Phi) is 4.88. The molecule has 0 aliphatic carbocycles. The van der Waals surface area contributed by atoms with Gasteiger partial charge in [0.15, 0.2) is 0 Å². The SMILES string of the molecule is Cc1ccc2nc(N3CCCC(O)C3)c(CN3CCOCC3)cc2c1. The Morgan fingerprint density at radius 3 is 2.84 bits per heavy atom. The van der Waals surface area contributed by atoms with Gasteiger partial charge in [0.2, 0.25) is 0 Å². The Balaban J connectivity index is 1.71. The maximum absolute atomic E-state index is 10.1. The minimum absolute atomic E-state index is 0.250. The second-order valence-corrected chi connectivity index (χ2v) is 7.30. The van der Waals surface area contributed by atoms with Gasteiger partial charge in [0.05, 0.1) is 24.8 Å². The second-order valence-electron chi connectivity index (χ2n) is 7.30. The van der Waals surface area contributed by atoms with Crippen LogP contribution < -0.4 is 4.90 Å². The molecule has 2 aliphatic heterocycles. The molecule has 2 aliphatic rings. The fraction of sp³-hybridized carbons (Fsp3) is 0.550. The van der Waals surface area contributed by atoms with Crippen molar-refractivity contribution in [2.24, 2.45) is 0 Å². The maximum Gasteiger partial charge on any atom is 0.133 e. The fourth-order valence-corrected chi connectivity index (χ4v) is 3.87. The molecule has 0 saturated carbocycles. The van der Waals surface area contributed by atoms with E-state index >= 15 is 0 Å². The van der Waals surface area contributed by atoms with E-state index in [1.165, 1.54) is 16.5 Å². The van der Waals surface area contributed by atoms with E-state index in [2.05, 4.69) is 41.0 Å². The quantitative estimate of drug-likeness (QED) is 0.929. The van der Waals surface area contributed by atoms with E-state index in [1.54, 1.807) is 0 Å². The molecule has 5 heteroatoms. The summed E-state index contributed by atoms with van der Waals surface area (Å²) in [5.41, 5.74) is 3.55. The molecular formula is C20H27N3O2. The molecule has 2 fully saturated rings. The highest BCUT2D eigenvalue weighted by Crippen LogP contribution is 2.28. The summed E-state index contributed by atoms with van der Waals surface area (Å²) in [6.07, 6.45) is 1.66. The third kappa shape index (κ3) is 3.78. The van der Waals surface area contributed by atoms with E-state index in [4.69, 9.17) is 9.72 Å². The zero-order valence-electron chi connectivity index (χ0n) is 14.9. The number of hydrogen-bond donors (Lipinski definition) is 1. The predicted molar refractivity (Wildman–Crippen MR) is 100 cm³/mol. The molecule has 0 radical (unpaired) electrons. The van der Waals surface area contributed by atoms with E-state index in [1.807, 2.05) is 0 Å². The van der Waals surface area contributed by atoms with E-state index in [9.17, 15) is 5.11 Å². The molecule has 0 amide bonds. The number of rotatable bonds is 3. The van der Waals surface area contributed by atoms with Crippen LogP contribution in [-0.4, -0.2) is 60.5 Å². The highest BCUT2D eigenvalue weighted by Gasteiger charge is 2.23. The van der Waals surface area contributed by atoms with Crippen LogP contribution in [0.5, 0.6) is 0 Å². The lowest BCUT2D eigenvalue weighted by molar-refractivity contribution is 0.0342. The topological polar surface area (TPSA) is 48.8 Å². The average molecular weight is 341 g/mol. The zero-order chi connectivity index (χ0) is 17.2. The van der Waals surface area contributed by atoms with Crippen LogP contribution in [-0.2, 0) is 11.3 Å². The van der Waals surface area contributed by atoms with E-state index in [-0.39, 0.29) is 6.10 Å². The van der Waals surface area contributed by atoms with Gasteiger partial charge >= 0.3 is 0 Å². The number of aliphatic hydroxyl groups excluding tert-OH is 1. The van der Waals surface area contributed by atoms with Crippen molar-refractivity contribution in [2.45, 2.75) is 32.4 Å². The summed E-state index contributed by atoms with van der Waals surface area (Å²) in [5, 5.41) is 11.3. The second kappa shape index (κ2) is 7.28. The molecule has 134 valence electrons. The lowest BCUT2D eigenvalue weighted by Gasteiger charge is -2.34. The van der Waals surface area contributed by atoms with Crippen LogP contribution in [0, 0.1) is 6.92 Å². The number of ether oxygens (including phenoxy) is 1. The van der Waals surface area contributed by atoms with Crippen molar-refractivity contribution in [1.82, 2.24) is 9.88 Å². The molecule has 2 saturated heterocycles. The first kappa shape index (κ1) is 16.8. The predicted octanol–water partition coefficient (Wildman–Crippen LogP) is 2.34. The molecule has 3 heterocycles. The third-order valence-electron chi connectivity index (χ3n) is 5.22. The maximum atomic E-state index is 10.1. The largest absolute Gasteiger partial charge is 0.391 e. The summed E-state index contributed by atoms with van der Waals surface area (Å²) >= 11 is 0. The van der Waals surface area contributed by atoms with Gasteiger partial charge in [0.1, 0.15) is 5.82 Å². The Labute approximate surface area is 149 Å². The first-order chi connectivity index (χ1) is 12.2. The summed E-state index contributed by atoms with van der Waals surface area (Å²) in [6.45, 7) is 8.20. The Hall–Kier alpha value is -1.69. The van der Waals surface area contributed by atoms with E-state index < -0.39 is 0 Å². The molecule has 1 aromatic heterocycles. The molecule has 5 nitrogen and oxygen atoms in total. The number of benzene rings is 1. The molecule has 2 aromatic rings. The number of piperidine rings is 1. The Morgan fingerprint density at radius 1 is 1.20 bits per heavy atom. The van der Waals surface area contributed by atoms with Crippen molar-refractivity contribution in [2.75, 3.05) is 44.3 Å². The van der Waals surface area contributed by atoms with Crippen molar-refractivity contribution in [1.29, 1.82) is 0 Å². The molecule has 4 rings (SSSR count). The molecule has 1 aromatic carbocycles. The minimum Gasteiger partial charge on any atom is -0.391 e. The van der Waals surface area contributed by atoms with E-state index in [0.717, 1.165) is 63.6 Å². The van der Waals surface area contributed by atoms with Gasteiger partial charge in [-0.25, -0.2) is 4.98 Å². The number of fused-ring (bicyclic) bond motifs is 1. The molecule has 0 spiro atoms. The van der Waals surface area contributed by atoms with Crippen molar-refractivity contribution < 1.29 is 9.84 Å². The fourth-order valence-electron chi connectivity index (χ4n) is 3.87. The number of pyridine rings is 1. The first-order valence-electron chi connectivity index (χ1n) is 9.32. The van der Waals surface area contributed by atoms with Gasteiger partial charge in [-0.2, -0.15) is 0 Å². The normalized spacial score (nSPS) is 22.5. The summed E-state index contributed by atoms with van der Waals surface area (Å²) in [5.74, 6) is 1.04. The smallest absolute Gasteiger partial charge is 0.133 e. The van der Waals surface area contributed by atoms with Crippen LogP contribution in [0.1, 0.15) is 24.0 Å². The standard InChI is InChI=1S/C20H27N3O2/c1-15-4-5-19-16(11-15)12-17(13-22-7-9-25-10-8-22)20(21-19)23-6-2-3-18(24)14-23/h4-5,11-12,18,24H,2-3,6-10,13-14H2,1H3. The van der Waals surface area contributed by atoms with Crippen LogP contribution in [0.2, 0.25) is 0 Å². The lowest BCUT2D eigenvalue weighted by Crippen LogP contribution is -2.40. The minimum atomic E-state index is -0.250. The molecule has 0 bridgehead atoms. The van der Waals surface area contributed by atoms with Crippen LogP contribution in [0.25, 0.3) is 10.9 Å². The number of aryl methyl sites for hydroxylation is 1. The van der Waals surface area contributed by atoms with Crippen molar-refractivity contribution >= 4 is 16.7 Å².